The Kier molecular flexibility index (Phi) is 5.47. The van der Waals surface area contributed by atoms with Gasteiger partial charge in [0.1, 0.15) is 11.9 Å². The largest absolute Gasteiger partial charge is 0.480 e. The first-order chi connectivity index (χ1) is 8.86. The minimum absolute atomic E-state index is 0.177. The highest BCUT2D eigenvalue weighted by atomic mass is 79.9. The number of hydrogen-bond donors (Lipinski definition) is 2. The van der Waals surface area contributed by atoms with Crippen LogP contribution in [0.5, 0.6) is 0 Å². The van der Waals surface area contributed by atoms with Crippen LogP contribution in [0.3, 0.4) is 0 Å². The van der Waals surface area contributed by atoms with Crippen LogP contribution >= 0.6 is 15.9 Å². The number of carboxylic acids is 1. The molecule has 0 fully saturated rings. The van der Waals surface area contributed by atoms with Gasteiger partial charge < -0.3 is 10.4 Å². The predicted molar refractivity (Wildman–Crippen MR) is 72.4 cm³/mol. The zero-order valence-corrected chi connectivity index (χ0v) is 12.2. The summed E-state index contributed by atoms with van der Waals surface area (Å²) in [6.07, 6.45) is 0.595. The van der Waals surface area contributed by atoms with Gasteiger partial charge in [-0.3, -0.25) is 4.79 Å². The summed E-state index contributed by atoms with van der Waals surface area (Å²) in [6, 6.07) is 2.91. The molecule has 2 N–H and O–H groups in total. The van der Waals surface area contributed by atoms with Gasteiger partial charge in [-0.25, -0.2) is 9.18 Å². The highest BCUT2D eigenvalue weighted by Gasteiger charge is 2.26. The first kappa shape index (κ1) is 15.6. The van der Waals surface area contributed by atoms with Gasteiger partial charge in [0.25, 0.3) is 5.91 Å². The Hall–Kier alpha value is -1.43. The van der Waals surface area contributed by atoms with E-state index < -0.39 is 23.7 Å². The van der Waals surface area contributed by atoms with Crippen LogP contribution in [-0.4, -0.2) is 23.0 Å². The van der Waals surface area contributed by atoms with Crippen LogP contribution in [0.1, 0.15) is 30.6 Å². The van der Waals surface area contributed by atoms with E-state index in [-0.39, 0.29) is 11.5 Å². The number of carboxylic acid groups (broad SMARTS) is 1. The van der Waals surface area contributed by atoms with Gasteiger partial charge in [-0.1, -0.05) is 36.2 Å². The molecule has 2 atom stereocenters. The standard InChI is InChI=1S/C13H15BrFNO3/c1-3-7(2)11(13(18)19)16-12(17)9-6-8(14)4-5-10(9)15/h4-7,11H,3H2,1-2H3,(H,16,17)(H,18,19). The number of hydrogen-bond acceptors (Lipinski definition) is 2. The van der Waals surface area contributed by atoms with Crippen molar-refractivity contribution in [1.82, 2.24) is 5.32 Å². The Labute approximate surface area is 119 Å². The molecule has 1 aromatic carbocycles. The van der Waals surface area contributed by atoms with Crippen LogP contribution in [0, 0.1) is 11.7 Å². The molecule has 4 nitrogen and oxygen atoms in total. The van der Waals surface area contributed by atoms with Crippen LogP contribution in [0.25, 0.3) is 0 Å². The van der Waals surface area contributed by atoms with Crippen LogP contribution in [0.2, 0.25) is 0 Å². The fourth-order valence-electron chi connectivity index (χ4n) is 1.57. The lowest BCUT2D eigenvalue weighted by Crippen LogP contribution is -2.45. The summed E-state index contributed by atoms with van der Waals surface area (Å²) in [5, 5.41) is 11.4. The molecule has 6 heteroatoms. The summed E-state index contributed by atoms with van der Waals surface area (Å²) < 4.78 is 14.1. The van der Waals surface area contributed by atoms with Crippen LogP contribution < -0.4 is 5.32 Å². The monoisotopic (exact) mass is 331 g/mol. The number of benzene rings is 1. The molecule has 0 aliphatic rings. The predicted octanol–water partition coefficient (Wildman–Crippen LogP) is 2.82. The van der Waals surface area contributed by atoms with Crippen LogP contribution in [0.4, 0.5) is 4.39 Å². The number of nitrogens with one attached hydrogen (secondary N) is 1. The Morgan fingerprint density at radius 2 is 2.11 bits per heavy atom. The average molecular weight is 332 g/mol. The van der Waals surface area contributed by atoms with Crippen molar-refractivity contribution in [3.05, 3.63) is 34.1 Å². The SMILES string of the molecule is CCC(C)C(NC(=O)c1cc(Br)ccc1F)C(=O)O. The van der Waals surface area contributed by atoms with E-state index in [1.807, 2.05) is 6.92 Å². The maximum Gasteiger partial charge on any atom is 0.326 e. The first-order valence-corrected chi connectivity index (χ1v) is 6.64. The molecule has 0 heterocycles. The molecule has 0 saturated carbocycles. The van der Waals surface area contributed by atoms with E-state index in [9.17, 15) is 14.0 Å². The normalized spacial score (nSPS) is 13.7. The number of rotatable bonds is 5. The lowest BCUT2D eigenvalue weighted by Gasteiger charge is -2.20. The summed E-state index contributed by atoms with van der Waals surface area (Å²) in [4.78, 5) is 23.0. The van der Waals surface area contributed by atoms with Gasteiger partial charge in [-0.2, -0.15) is 0 Å². The summed E-state index contributed by atoms with van der Waals surface area (Å²) in [5.41, 5.74) is -0.177. The zero-order chi connectivity index (χ0) is 14.6. The van der Waals surface area contributed by atoms with Gasteiger partial charge in [0.15, 0.2) is 0 Å². The number of halogens is 2. The maximum absolute atomic E-state index is 13.5. The molecular formula is C13H15BrFNO3. The van der Waals surface area contributed by atoms with Gasteiger partial charge in [0.05, 0.1) is 5.56 Å². The molecule has 104 valence electrons. The molecule has 0 radical (unpaired) electrons. The fraction of sp³-hybridized carbons (Fsp3) is 0.385. The minimum Gasteiger partial charge on any atom is -0.480 e. The van der Waals surface area contributed by atoms with E-state index >= 15 is 0 Å². The molecule has 0 spiro atoms. The van der Waals surface area contributed by atoms with Crippen molar-refractivity contribution in [3.8, 4) is 0 Å². The second-order valence-corrected chi connectivity index (χ2v) is 5.21. The smallest absolute Gasteiger partial charge is 0.326 e. The van der Waals surface area contributed by atoms with Crippen molar-refractivity contribution in [3.63, 3.8) is 0 Å². The molecule has 0 aliphatic heterocycles. The van der Waals surface area contributed by atoms with Crippen LogP contribution in [0.15, 0.2) is 22.7 Å². The number of aliphatic carboxylic acids is 1. The minimum atomic E-state index is -1.13. The molecule has 2 unspecified atom stereocenters. The maximum atomic E-state index is 13.5. The Bertz CT molecular complexity index is 493. The summed E-state index contributed by atoms with van der Waals surface area (Å²) in [6.45, 7) is 3.54. The second-order valence-electron chi connectivity index (χ2n) is 4.30. The highest BCUT2D eigenvalue weighted by Crippen LogP contribution is 2.16. The highest BCUT2D eigenvalue weighted by molar-refractivity contribution is 9.10. The topological polar surface area (TPSA) is 66.4 Å². The molecule has 1 rings (SSSR count). The number of carbonyl (C=O) groups is 2. The Morgan fingerprint density at radius 1 is 1.47 bits per heavy atom. The van der Waals surface area contributed by atoms with Crippen molar-refractivity contribution in [2.24, 2.45) is 5.92 Å². The van der Waals surface area contributed by atoms with Crippen LogP contribution in [-0.2, 0) is 4.79 Å². The van der Waals surface area contributed by atoms with E-state index in [4.69, 9.17) is 5.11 Å². The van der Waals surface area contributed by atoms with Gasteiger partial charge in [-0.05, 0) is 24.1 Å². The van der Waals surface area contributed by atoms with Gasteiger partial charge in [0.2, 0.25) is 0 Å². The van der Waals surface area contributed by atoms with Crippen molar-refractivity contribution < 1.29 is 19.1 Å². The molecule has 19 heavy (non-hydrogen) atoms. The Morgan fingerprint density at radius 3 is 2.63 bits per heavy atom. The summed E-state index contributed by atoms with van der Waals surface area (Å²) >= 11 is 3.14. The second kappa shape index (κ2) is 6.65. The van der Waals surface area contributed by atoms with E-state index in [0.717, 1.165) is 6.07 Å². The molecule has 0 aromatic heterocycles. The van der Waals surface area contributed by atoms with Gasteiger partial charge in [0, 0.05) is 4.47 Å². The van der Waals surface area contributed by atoms with Gasteiger partial charge in [-0.15, -0.1) is 0 Å². The van der Waals surface area contributed by atoms with E-state index in [2.05, 4.69) is 21.2 Å². The molecule has 0 saturated heterocycles. The summed E-state index contributed by atoms with van der Waals surface area (Å²) in [7, 11) is 0. The molecule has 0 bridgehead atoms. The lowest BCUT2D eigenvalue weighted by molar-refractivity contribution is -0.140. The fourth-order valence-corrected chi connectivity index (χ4v) is 1.93. The quantitative estimate of drug-likeness (QED) is 0.871. The average Bonchev–Trinajstić information content (AvgIpc) is 2.37. The van der Waals surface area contributed by atoms with Crippen molar-refractivity contribution in [1.29, 1.82) is 0 Å². The van der Waals surface area contributed by atoms with E-state index in [0.29, 0.717) is 10.9 Å². The summed E-state index contributed by atoms with van der Waals surface area (Å²) in [5.74, 6) is -2.78. The molecule has 1 amide bonds. The van der Waals surface area contributed by atoms with E-state index in [1.54, 1.807) is 6.92 Å². The third kappa shape index (κ3) is 4.02. The van der Waals surface area contributed by atoms with Crippen molar-refractivity contribution in [2.45, 2.75) is 26.3 Å². The lowest BCUT2D eigenvalue weighted by atomic mass is 9.99. The number of carbonyl (C=O) groups excluding carboxylic acids is 1. The molecular weight excluding hydrogens is 317 g/mol. The third-order valence-corrected chi connectivity index (χ3v) is 3.43. The third-order valence-electron chi connectivity index (χ3n) is 2.94. The van der Waals surface area contributed by atoms with Crippen molar-refractivity contribution in [2.75, 3.05) is 0 Å². The zero-order valence-electron chi connectivity index (χ0n) is 10.6. The van der Waals surface area contributed by atoms with Crippen molar-refractivity contribution >= 4 is 27.8 Å². The van der Waals surface area contributed by atoms with Gasteiger partial charge >= 0.3 is 5.97 Å². The molecule has 0 aliphatic carbocycles. The first-order valence-electron chi connectivity index (χ1n) is 5.85. The Balaban J connectivity index is 2.94. The van der Waals surface area contributed by atoms with E-state index in [1.165, 1.54) is 12.1 Å². The number of amides is 1. The molecule has 1 aromatic rings.